The van der Waals surface area contributed by atoms with Gasteiger partial charge in [-0.2, -0.15) is 0 Å². The standard InChI is InChI=1S/C14H27N3O2/c1-11(15)4-2-6-14(18)16-8-13-9-17-7-3-5-12(17)10-19-13/h11-13H,2-10,15H2,1H3,(H,16,18). The van der Waals surface area contributed by atoms with Gasteiger partial charge in [0.2, 0.25) is 5.91 Å². The minimum atomic E-state index is 0.118. The van der Waals surface area contributed by atoms with Gasteiger partial charge in [0.05, 0.1) is 12.7 Å². The average Bonchev–Trinajstić information content (AvgIpc) is 2.83. The summed E-state index contributed by atoms with van der Waals surface area (Å²) in [5, 5.41) is 2.97. The molecule has 5 nitrogen and oxygen atoms in total. The summed E-state index contributed by atoms with van der Waals surface area (Å²) in [7, 11) is 0. The normalized spacial score (nSPS) is 28.9. The van der Waals surface area contributed by atoms with E-state index in [1.54, 1.807) is 0 Å². The van der Waals surface area contributed by atoms with Crippen molar-refractivity contribution in [2.24, 2.45) is 5.73 Å². The van der Waals surface area contributed by atoms with E-state index in [-0.39, 0.29) is 18.1 Å². The Morgan fingerprint density at radius 2 is 2.42 bits per heavy atom. The van der Waals surface area contributed by atoms with Crippen LogP contribution in [-0.4, -0.2) is 55.2 Å². The quantitative estimate of drug-likeness (QED) is 0.736. The summed E-state index contributed by atoms with van der Waals surface area (Å²) in [5.74, 6) is 0.118. The molecule has 0 bridgehead atoms. The fourth-order valence-corrected chi connectivity index (χ4v) is 2.91. The first-order valence-corrected chi connectivity index (χ1v) is 7.53. The molecule has 3 N–H and O–H groups in total. The molecule has 2 rings (SSSR count). The largest absolute Gasteiger partial charge is 0.373 e. The van der Waals surface area contributed by atoms with Gasteiger partial charge in [0.1, 0.15) is 0 Å². The van der Waals surface area contributed by atoms with Crippen molar-refractivity contribution in [2.45, 2.75) is 57.2 Å². The fourth-order valence-electron chi connectivity index (χ4n) is 2.91. The van der Waals surface area contributed by atoms with E-state index in [0.29, 0.717) is 19.0 Å². The number of amides is 1. The molecule has 0 radical (unpaired) electrons. The van der Waals surface area contributed by atoms with Crippen molar-refractivity contribution in [3.05, 3.63) is 0 Å². The average molecular weight is 269 g/mol. The topological polar surface area (TPSA) is 67.6 Å². The molecule has 110 valence electrons. The SMILES string of the molecule is CC(N)CCCC(=O)NCC1CN2CCCC2CO1. The number of morpholine rings is 1. The fraction of sp³-hybridized carbons (Fsp3) is 0.929. The van der Waals surface area contributed by atoms with E-state index in [4.69, 9.17) is 10.5 Å². The Bertz CT molecular complexity index is 296. The zero-order valence-corrected chi connectivity index (χ0v) is 11.9. The molecule has 2 aliphatic heterocycles. The summed E-state index contributed by atoms with van der Waals surface area (Å²) in [5.41, 5.74) is 5.66. The maximum Gasteiger partial charge on any atom is 0.220 e. The molecule has 19 heavy (non-hydrogen) atoms. The minimum Gasteiger partial charge on any atom is -0.373 e. The number of hydrogen-bond acceptors (Lipinski definition) is 4. The van der Waals surface area contributed by atoms with Crippen LogP contribution in [0.3, 0.4) is 0 Å². The zero-order valence-electron chi connectivity index (χ0n) is 11.9. The molecule has 3 atom stereocenters. The molecule has 1 amide bonds. The number of fused-ring (bicyclic) bond motifs is 1. The van der Waals surface area contributed by atoms with Crippen LogP contribution in [-0.2, 0) is 9.53 Å². The molecule has 0 saturated carbocycles. The lowest BCUT2D eigenvalue weighted by Gasteiger charge is -2.35. The van der Waals surface area contributed by atoms with Gasteiger partial charge in [-0.3, -0.25) is 9.69 Å². The monoisotopic (exact) mass is 269 g/mol. The first kappa shape index (κ1) is 14.8. The maximum absolute atomic E-state index is 11.7. The van der Waals surface area contributed by atoms with Crippen molar-refractivity contribution >= 4 is 5.91 Å². The highest BCUT2D eigenvalue weighted by atomic mass is 16.5. The third-order valence-corrected chi connectivity index (χ3v) is 4.05. The zero-order chi connectivity index (χ0) is 13.7. The number of carbonyl (C=O) groups is 1. The molecule has 0 aliphatic carbocycles. The lowest BCUT2D eigenvalue weighted by Crippen LogP contribution is -2.50. The van der Waals surface area contributed by atoms with Crippen molar-refractivity contribution in [3.8, 4) is 0 Å². The summed E-state index contributed by atoms with van der Waals surface area (Å²) < 4.78 is 5.81. The molecule has 5 heteroatoms. The van der Waals surface area contributed by atoms with Crippen LogP contribution in [0.4, 0.5) is 0 Å². The molecular weight excluding hydrogens is 242 g/mol. The van der Waals surface area contributed by atoms with Crippen LogP contribution >= 0.6 is 0 Å². The van der Waals surface area contributed by atoms with Crippen molar-refractivity contribution in [1.82, 2.24) is 10.2 Å². The lowest BCUT2D eigenvalue weighted by molar-refractivity contribution is -0.122. The third-order valence-electron chi connectivity index (χ3n) is 4.05. The second-order valence-electron chi connectivity index (χ2n) is 5.92. The molecule has 3 unspecified atom stereocenters. The number of ether oxygens (including phenoxy) is 1. The summed E-state index contributed by atoms with van der Waals surface area (Å²) in [6.45, 7) is 5.59. The molecule has 2 saturated heterocycles. The van der Waals surface area contributed by atoms with Crippen molar-refractivity contribution in [3.63, 3.8) is 0 Å². The number of nitrogens with two attached hydrogens (primary N) is 1. The van der Waals surface area contributed by atoms with E-state index in [0.717, 1.165) is 26.0 Å². The van der Waals surface area contributed by atoms with E-state index in [1.165, 1.54) is 19.4 Å². The number of carbonyl (C=O) groups excluding carboxylic acids is 1. The predicted octanol–water partition coefficient (Wildman–Crippen LogP) is 0.483. The Morgan fingerprint density at radius 3 is 3.21 bits per heavy atom. The molecule has 0 aromatic rings. The van der Waals surface area contributed by atoms with Crippen LogP contribution in [0.2, 0.25) is 0 Å². The summed E-state index contributed by atoms with van der Waals surface area (Å²) in [6.07, 6.45) is 5.04. The Balaban J connectivity index is 1.58. The molecular formula is C14H27N3O2. The Kier molecular flexibility index (Phi) is 5.60. The van der Waals surface area contributed by atoms with E-state index < -0.39 is 0 Å². The minimum absolute atomic E-state index is 0.118. The van der Waals surface area contributed by atoms with Crippen LogP contribution in [0.5, 0.6) is 0 Å². The molecule has 2 heterocycles. The highest BCUT2D eigenvalue weighted by molar-refractivity contribution is 5.75. The second-order valence-corrected chi connectivity index (χ2v) is 5.92. The van der Waals surface area contributed by atoms with E-state index in [2.05, 4.69) is 10.2 Å². The summed E-state index contributed by atoms with van der Waals surface area (Å²) in [4.78, 5) is 14.2. The van der Waals surface area contributed by atoms with Gasteiger partial charge < -0.3 is 15.8 Å². The Hall–Kier alpha value is -0.650. The predicted molar refractivity (Wildman–Crippen MR) is 74.8 cm³/mol. The molecule has 0 spiro atoms. The van der Waals surface area contributed by atoms with Crippen LogP contribution in [0.15, 0.2) is 0 Å². The molecule has 0 aromatic heterocycles. The van der Waals surface area contributed by atoms with Gasteiger partial charge in [0, 0.05) is 31.6 Å². The maximum atomic E-state index is 11.7. The van der Waals surface area contributed by atoms with Crippen LogP contribution in [0, 0.1) is 0 Å². The van der Waals surface area contributed by atoms with Gasteiger partial charge in [-0.25, -0.2) is 0 Å². The van der Waals surface area contributed by atoms with Crippen molar-refractivity contribution < 1.29 is 9.53 Å². The number of hydrogen-bond donors (Lipinski definition) is 2. The second kappa shape index (κ2) is 7.22. The van der Waals surface area contributed by atoms with E-state index >= 15 is 0 Å². The van der Waals surface area contributed by atoms with E-state index in [9.17, 15) is 4.79 Å². The van der Waals surface area contributed by atoms with Crippen LogP contribution in [0.1, 0.15) is 39.0 Å². The molecule has 0 aromatic carbocycles. The lowest BCUT2D eigenvalue weighted by atomic mass is 10.1. The van der Waals surface area contributed by atoms with Gasteiger partial charge in [0.25, 0.3) is 0 Å². The summed E-state index contributed by atoms with van der Waals surface area (Å²) >= 11 is 0. The first-order chi connectivity index (χ1) is 9.15. The number of nitrogens with one attached hydrogen (secondary N) is 1. The molecule has 2 aliphatic rings. The Labute approximate surface area is 115 Å². The van der Waals surface area contributed by atoms with E-state index in [1.807, 2.05) is 6.92 Å². The smallest absolute Gasteiger partial charge is 0.220 e. The first-order valence-electron chi connectivity index (χ1n) is 7.53. The van der Waals surface area contributed by atoms with Gasteiger partial charge in [-0.15, -0.1) is 0 Å². The highest BCUT2D eigenvalue weighted by Crippen LogP contribution is 2.22. The molecule has 2 fully saturated rings. The van der Waals surface area contributed by atoms with Crippen molar-refractivity contribution in [1.29, 1.82) is 0 Å². The summed E-state index contributed by atoms with van der Waals surface area (Å²) in [6, 6.07) is 0.805. The number of nitrogens with zero attached hydrogens (tertiary/aromatic N) is 1. The van der Waals surface area contributed by atoms with Crippen LogP contribution in [0.25, 0.3) is 0 Å². The highest BCUT2D eigenvalue weighted by Gasteiger charge is 2.32. The van der Waals surface area contributed by atoms with Crippen molar-refractivity contribution in [2.75, 3.05) is 26.2 Å². The van der Waals surface area contributed by atoms with Gasteiger partial charge >= 0.3 is 0 Å². The van der Waals surface area contributed by atoms with Gasteiger partial charge in [0.15, 0.2) is 0 Å². The van der Waals surface area contributed by atoms with Crippen LogP contribution < -0.4 is 11.1 Å². The van der Waals surface area contributed by atoms with Gasteiger partial charge in [-0.05, 0) is 39.2 Å². The third kappa shape index (κ3) is 4.75. The Morgan fingerprint density at radius 1 is 1.58 bits per heavy atom. The number of rotatable bonds is 6. The van der Waals surface area contributed by atoms with Gasteiger partial charge in [-0.1, -0.05) is 0 Å².